The van der Waals surface area contributed by atoms with E-state index >= 15 is 0 Å². The largest absolute Gasteiger partial charge is 0.382 e. The van der Waals surface area contributed by atoms with Crippen LogP contribution in [-0.4, -0.2) is 37.2 Å². The van der Waals surface area contributed by atoms with Crippen LogP contribution in [0.4, 0.5) is 11.4 Å². The van der Waals surface area contributed by atoms with E-state index in [2.05, 4.69) is 10.5 Å². The number of anilines is 2. The van der Waals surface area contributed by atoms with Crippen LogP contribution in [0.15, 0.2) is 29.4 Å². The van der Waals surface area contributed by atoms with E-state index in [1.165, 1.54) is 0 Å². The van der Waals surface area contributed by atoms with Crippen LogP contribution in [0.5, 0.6) is 0 Å². The average Bonchev–Trinajstić information content (AvgIpc) is 2.49. The SMILES string of the molecule is N#C/C(=N\Nc1ccc(N2CCOCC2=O)cc1)C(=N)N. The maximum atomic E-state index is 11.7. The maximum Gasteiger partial charge on any atom is 0.253 e. The highest BCUT2D eigenvalue weighted by Crippen LogP contribution is 2.19. The van der Waals surface area contributed by atoms with Crippen LogP contribution < -0.4 is 16.1 Å². The van der Waals surface area contributed by atoms with Gasteiger partial charge in [-0.3, -0.25) is 15.6 Å². The molecule has 1 heterocycles. The molecular weight excluding hydrogens is 272 g/mol. The van der Waals surface area contributed by atoms with Crippen molar-refractivity contribution in [2.45, 2.75) is 0 Å². The lowest BCUT2D eigenvalue weighted by molar-refractivity contribution is -0.125. The van der Waals surface area contributed by atoms with Gasteiger partial charge in [0.15, 0.2) is 5.84 Å². The molecule has 0 atom stereocenters. The lowest BCUT2D eigenvalue weighted by Crippen LogP contribution is -2.41. The molecule has 1 aromatic rings. The molecule has 8 nitrogen and oxygen atoms in total. The van der Waals surface area contributed by atoms with Gasteiger partial charge in [0.1, 0.15) is 12.7 Å². The molecule has 8 heteroatoms. The molecule has 1 aliphatic heterocycles. The summed E-state index contributed by atoms with van der Waals surface area (Å²) in [6, 6.07) is 8.68. The summed E-state index contributed by atoms with van der Waals surface area (Å²) in [7, 11) is 0. The van der Waals surface area contributed by atoms with E-state index < -0.39 is 5.84 Å². The molecule has 0 saturated carbocycles. The Kier molecular flexibility index (Phi) is 4.48. The summed E-state index contributed by atoms with van der Waals surface area (Å²) in [6.45, 7) is 1.13. The molecule has 0 unspecified atom stereocenters. The van der Waals surface area contributed by atoms with Crippen LogP contribution in [0.1, 0.15) is 0 Å². The van der Waals surface area contributed by atoms with Crippen molar-refractivity contribution in [2.24, 2.45) is 10.8 Å². The summed E-state index contributed by atoms with van der Waals surface area (Å²) in [6.07, 6.45) is 0. The number of carbonyl (C=O) groups is 1. The predicted molar refractivity (Wildman–Crippen MR) is 78.2 cm³/mol. The van der Waals surface area contributed by atoms with Crippen LogP contribution in [0.2, 0.25) is 0 Å². The standard InChI is InChI=1S/C13H14N6O2/c14-7-11(13(15)16)18-17-9-1-3-10(4-2-9)19-5-6-21-8-12(19)20/h1-4,17H,5-6,8H2,(H3,15,16)/b18-11+. The number of benzene rings is 1. The Balaban J connectivity index is 2.07. The molecule has 108 valence electrons. The first kappa shape index (κ1) is 14.5. The van der Waals surface area contributed by atoms with Gasteiger partial charge in [0.2, 0.25) is 5.71 Å². The van der Waals surface area contributed by atoms with Crippen LogP contribution in [-0.2, 0) is 9.53 Å². The van der Waals surface area contributed by atoms with E-state index in [4.69, 9.17) is 21.1 Å². The summed E-state index contributed by atoms with van der Waals surface area (Å²) in [4.78, 5) is 13.3. The van der Waals surface area contributed by atoms with Crippen molar-refractivity contribution in [2.75, 3.05) is 30.1 Å². The minimum absolute atomic E-state index is 0.0803. The highest BCUT2D eigenvalue weighted by molar-refractivity contribution is 6.45. The second kappa shape index (κ2) is 6.49. The summed E-state index contributed by atoms with van der Waals surface area (Å²) in [5, 5.41) is 19.6. The molecule has 4 N–H and O–H groups in total. The first-order valence-corrected chi connectivity index (χ1v) is 6.18. The van der Waals surface area contributed by atoms with E-state index in [1.54, 1.807) is 35.2 Å². The van der Waals surface area contributed by atoms with Gasteiger partial charge in [-0.15, -0.1) is 0 Å². The zero-order valence-corrected chi connectivity index (χ0v) is 11.2. The van der Waals surface area contributed by atoms with Crippen molar-refractivity contribution in [1.82, 2.24) is 0 Å². The number of nitrogens with one attached hydrogen (secondary N) is 2. The summed E-state index contributed by atoms with van der Waals surface area (Å²) < 4.78 is 5.07. The number of hydrazone groups is 1. The number of amides is 1. The second-order valence-electron chi connectivity index (χ2n) is 4.24. The average molecular weight is 286 g/mol. The molecule has 1 aliphatic rings. The van der Waals surface area contributed by atoms with Crippen LogP contribution >= 0.6 is 0 Å². The van der Waals surface area contributed by atoms with Crippen molar-refractivity contribution < 1.29 is 9.53 Å². The van der Waals surface area contributed by atoms with Gasteiger partial charge in [0, 0.05) is 12.2 Å². The zero-order chi connectivity index (χ0) is 15.2. The van der Waals surface area contributed by atoms with Gasteiger partial charge in [-0.1, -0.05) is 0 Å². The normalized spacial score (nSPS) is 15.5. The highest BCUT2D eigenvalue weighted by Gasteiger charge is 2.19. The van der Waals surface area contributed by atoms with Gasteiger partial charge in [-0.05, 0) is 24.3 Å². The fraction of sp³-hybridized carbons (Fsp3) is 0.231. The third-order valence-corrected chi connectivity index (χ3v) is 2.82. The molecule has 21 heavy (non-hydrogen) atoms. The van der Waals surface area contributed by atoms with E-state index in [0.717, 1.165) is 5.69 Å². The van der Waals surface area contributed by atoms with Gasteiger partial charge in [0.05, 0.1) is 12.3 Å². The topological polar surface area (TPSA) is 128 Å². The molecule has 0 radical (unpaired) electrons. The molecule has 1 saturated heterocycles. The summed E-state index contributed by atoms with van der Waals surface area (Å²) in [5.41, 5.74) is 9.01. The predicted octanol–water partition coefficient (Wildman–Crippen LogP) is 0.277. The minimum atomic E-state index is -0.402. The summed E-state index contributed by atoms with van der Waals surface area (Å²) in [5.74, 6) is -0.483. The number of nitriles is 1. The van der Waals surface area contributed by atoms with Gasteiger partial charge in [0.25, 0.3) is 5.91 Å². The lowest BCUT2D eigenvalue weighted by Gasteiger charge is -2.26. The number of rotatable bonds is 4. The zero-order valence-electron chi connectivity index (χ0n) is 11.2. The Morgan fingerprint density at radius 2 is 2.19 bits per heavy atom. The number of amidine groups is 1. The second-order valence-corrected chi connectivity index (χ2v) is 4.24. The quantitative estimate of drug-likeness (QED) is 0.416. The fourth-order valence-electron chi connectivity index (χ4n) is 1.77. The molecule has 0 aliphatic carbocycles. The van der Waals surface area contributed by atoms with Crippen LogP contribution in [0.3, 0.4) is 0 Å². The number of nitrogens with two attached hydrogens (primary N) is 1. The Morgan fingerprint density at radius 1 is 1.48 bits per heavy atom. The number of carbonyl (C=O) groups excluding carboxylic acids is 1. The molecular formula is C13H14N6O2. The van der Waals surface area contributed by atoms with Crippen molar-refractivity contribution in [3.8, 4) is 6.07 Å². The minimum Gasteiger partial charge on any atom is -0.382 e. The Hall–Kier alpha value is -2.92. The van der Waals surface area contributed by atoms with Crippen LogP contribution in [0.25, 0.3) is 0 Å². The number of morpholine rings is 1. The molecule has 0 spiro atoms. The Bertz CT molecular complexity index is 617. The fourth-order valence-corrected chi connectivity index (χ4v) is 1.77. The highest BCUT2D eigenvalue weighted by atomic mass is 16.5. The third kappa shape index (κ3) is 3.55. The molecule has 1 aromatic carbocycles. The Labute approximate surface area is 121 Å². The number of ether oxygens (including phenoxy) is 1. The van der Waals surface area contributed by atoms with Gasteiger partial charge < -0.3 is 15.4 Å². The number of hydrogen-bond acceptors (Lipinski definition) is 6. The number of hydrogen-bond donors (Lipinski definition) is 3. The smallest absolute Gasteiger partial charge is 0.253 e. The van der Waals surface area contributed by atoms with E-state index in [1.807, 2.05) is 0 Å². The monoisotopic (exact) mass is 286 g/mol. The first-order chi connectivity index (χ1) is 10.1. The van der Waals surface area contributed by atoms with E-state index in [9.17, 15) is 4.79 Å². The van der Waals surface area contributed by atoms with Gasteiger partial charge in [-0.25, -0.2) is 0 Å². The molecule has 1 amide bonds. The van der Waals surface area contributed by atoms with Gasteiger partial charge >= 0.3 is 0 Å². The first-order valence-electron chi connectivity index (χ1n) is 6.18. The maximum absolute atomic E-state index is 11.7. The molecule has 0 bridgehead atoms. The molecule has 0 aromatic heterocycles. The lowest BCUT2D eigenvalue weighted by atomic mass is 10.2. The van der Waals surface area contributed by atoms with E-state index in [-0.39, 0.29) is 18.2 Å². The third-order valence-electron chi connectivity index (χ3n) is 2.82. The number of nitrogens with zero attached hydrogens (tertiary/aromatic N) is 3. The van der Waals surface area contributed by atoms with Crippen molar-refractivity contribution in [1.29, 1.82) is 10.7 Å². The Morgan fingerprint density at radius 3 is 2.76 bits per heavy atom. The molecule has 2 rings (SSSR count). The summed E-state index contributed by atoms with van der Waals surface area (Å²) >= 11 is 0. The van der Waals surface area contributed by atoms with Crippen LogP contribution in [0, 0.1) is 16.7 Å². The van der Waals surface area contributed by atoms with Crippen molar-refractivity contribution in [3.05, 3.63) is 24.3 Å². The van der Waals surface area contributed by atoms with Crippen molar-refractivity contribution >= 4 is 28.8 Å². The van der Waals surface area contributed by atoms with Gasteiger partial charge in [-0.2, -0.15) is 10.4 Å². The van der Waals surface area contributed by atoms with Crippen molar-refractivity contribution in [3.63, 3.8) is 0 Å². The molecule has 1 fully saturated rings. The van der Waals surface area contributed by atoms with E-state index in [0.29, 0.717) is 18.8 Å².